The number of carbonyl (C=O) groups excluding carboxylic acids is 1. The molecule has 2 aromatic rings. The molecular formula is C19H28ClN5O. The first-order chi connectivity index (χ1) is 12.0. The Balaban J connectivity index is 0.00000243. The van der Waals surface area contributed by atoms with Crippen molar-refractivity contribution in [3.8, 4) is 5.69 Å². The summed E-state index contributed by atoms with van der Waals surface area (Å²) in [5.74, 6) is 1.54. The summed E-state index contributed by atoms with van der Waals surface area (Å²) in [6.45, 7) is 10.2. The average Bonchev–Trinajstić information content (AvgIpc) is 2.98. The van der Waals surface area contributed by atoms with Gasteiger partial charge < -0.3 is 10.6 Å². The molecule has 142 valence electrons. The van der Waals surface area contributed by atoms with Gasteiger partial charge in [0.2, 0.25) is 5.82 Å². The van der Waals surface area contributed by atoms with Crippen LogP contribution in [0.25, 0.3) is 5.69 Å². The second kappa shape index (κ2) is 8.64. The highest BCUT2D eigenvalue weighted by Crippen LogP contribution is 2.23. The minimum Gasteiger partial charge on any atom is -0.346 e. The average molecular weight is 378 g/mol. The third-order valence-electron chi connectivity index (χ3n) is 4.86. The number of nitrogens with one attached hydrogen (secondary N) is 2. The van der Waals surface area contributed by atoms with Gasteiger partial charge in [-0.15, -0.1) is 17.5 Å². The van der Waals surface area contributed by atoms with E-state index in [0.29, 0.717) is 11.8 Å². The fourth-order valence-electron chi connectivity index (χ4n) is 3.34. The standard InChI is InChI=1S/C19H27N5O.ClH/c1-12(2)15-7-5-6-8-17(15)24-14(4)21-18(23-24)19(25)22-16-9-10-20-11-13(16)3;/h5-8,12-13,16,20H,9-11H2,1-4H3,(H,22,25);1H. The lowest BCUT2D eigenvalue weighted by molar-refractivity contribution is 0.0903. The van der Waals surface area contributed by atoms with Gasteiger partial charge in [0.15, 0.2) is 0 Å². The molecule has 0 radical (unpaired) electrons. The van der Waals surface area contributed by atoms with Crippen molar-refractivity contribution >= 4 is 18.3 Å². The number of hydrogen-bond donors (Lipinski definition) is 2. The van der Waals surface area contributed by atoms with Crippen molar-refractivity contribution in [2.75, 3.05) is 13.1 Å². The molecule has 0 saturated carbocycles. The lowest BCUT2D eigenvalue weighted by Crippen LogP contribution is -2.48. The number of halogens is 1. The van der Waals surface area contributed by atoms with Crippen molar-refractivity contribution in [1.82, 2.24) is 25.4 Å². The van der Waals surface area contributed by atoms with Gasteiger partial charge >= 0.3 is 0 Å². The van der Waals surface area contributed by atoms with E-state index < -0.39 is 0 Å². The van der Waals surface area contributed by atoms with E-state index in [1.165, 1.54) is 5.56 Å². The molecule has 0 bridgehead atoms. The zero-order chi connectivity index (χ0) is 18.0. The van der Waals surface area contributed by atoms with E-state index in [1.807, 2.05) is 25.1 Å². The Hall–Kier alpha value is -1.92. The Morgan fingerprint density at radius 3 is 2.77 bits per heavy atom. The van der Waals surface area contributed by atoms with Crippen LogP contribution in [0, 0.1) is 12.8 Å². The molecule has 2 N–H and O–H groups in total. The first-order valence-corrected chi connectivity index (χ1v) is 9.02. The highest BCUT2D eigenvalue weighted by Gasteiger charge is 2.25. The molecule has 1 aliphatic heterocycles. The van der Waals surface area contributed by atoms with Crippen molar-refractivity contribution in [1.29, 1.82) is 0 Å². The summed E-state index contributed by atoms with van der Waals surface area (Å²) in [5, 5.41) is 10.9. The molecule has 2 unspecified atom stereocenters. The third-order valence-corrected chi connectivity index (χ3v) is 4.86. The van der Waals surface area contributed by atoms with Crippen LogP contribution in [0.1, 0.15) is 55.1 Å². The summed E-state index contributed by atoms with van der Waals surface area (Å²) < 4.78 is 1.77. The first kappa shape index (κ1) is 20.4. The number of aryl methyl sites for hydroxylation is 1. The lowest BCUT2D eigenvalue weighted by Gasteiger charge is -2.29. The maximum Gasteiger partial charge on any atom is 0.291 e. The fraction of sp³-hybridized carbons (Fsp3) is 0.526. The number of piperidine rings is 1. The molecule has 2 heterocycles. The number of hydrogen-bond acceptors (Lipinski definition) is 4. The Bertz CT molecular complexity index is 758. The van der Waals surface area contributed by atoms with E-state index >= 15 is 0 Å². The third kappa shape index (κ3) is 4.24. The van der Waals surface area contributed by atoms with Crippen LogP contribution in [0.3, 0.4) is 0 Å². The number of carbonyl (C=O) groups is 1. The smallest absolute Gasteiger partial charge is 0.291 e. The second-order valence-electron chi connectivity index (χ2n) is 7.16. The molecule has 1 fully saturated rings. The highest BCUT2D eigenvalue weighted by atomic mass is 35.5. The van der Waals surface area contributed by atoms with Gasteiger partial charge in [0.25, 0.3) is 5.91 Å². The predicted molar refractivity (Wildman–Crippen MR) is 105 cm³/mol. The van der Waals surface area contributed by atoms with E-state index in [4.69, 9.17) is 0 Å². The predicted octanol–water partition coefficient (Wildman–Crippen LogP) is 2.85. The molecule has 1 aromatic heterocycles. The van der Waals surface area contributed by atoms with E-state index in [1.54, 1.807) is 4.68 Å². The summed E-state index contributed by atoms with van der Waals surface area (Å²) in [6.07, 6.45) is 0.933. The number of amides is 1. The van der Waals surface area contributed by atoms with Crippen LogP contribution in [0.4, 0.5) is 0 Å². The van der Waals surface area contributed by atoms with Gasteiger partial charge in [-0.1, -0.05) is 39.0 Å². The van der Waals surface area contributed by atoms with Crippen LogP contribution in [0.5, 0.6) is 0 Å². The molecule has 26 heavy (non-hydrogen) atoms. The number of nitrogens with zero attached hydrogens (tertiary/aromatic N) is 3. The summed E-state index contributed by atoms with van der Waals surface area (Å²) in [4.78, 5) is 17.0. The molecule has 6 nitrogen and oxygen atoms in total. The van der Waals surface area contributed by atoms with Crippen molar-refractivity contribution in [2.24, 2.45) is 5.92 Å². The summed E-state index contributed by atoms with van der Waals surface area (Å²) >= 11 is 0. The van der Waals surface area contributed by atoms with Crippen LogP contribution in [-0.2, 0) is 0 Å². The molecule has 0 spiro atoms. The van der Waals surface area contributed by atoms with E-state index in [0.717, 1.165) is 31.0 Å². The van der Waals surface area contributed by atoms with Crippen LogP contribution < -0.4 is 10.6 Å². The van der Waals surface area contributed by atoms with Gasteiger partial charge in [0.1, 0.15) is 5.82 Å². The second-order valence-corrected chi connectivity index (χ2v) is 7.16. The molecule has 1 saturated heterocycles. The first-order valence-electron chi connectivity index (χ1n) is 9.02. The number of para-hydroxylation sites is 1. The van der Waals surface area contributed by atoms with Crippen molar-refractivity contribution in [2.45, 2.75) is 46.1 Å². The summed E-state index contributed by atoms with van der Waals surface area (Å²) in [5.41, 5.74) is 2.17. The van der Waals surface area contributed by atoms with Crippen LogP contribution >= 0.6 is 12.4 Å². The summed E-state index contributed by atoms with van der Waals surface area (Å²) in [7, 11) is 0. The quantitative estimate of drug-likeness (QED) is 0.859. The number of rotatable bonds is 4. The maximum absolute atomic E-state index is 12.6. The molecular weight excluding hydrogens is 350 g/mol. The van der Waals surface area contributed by atoms with Gasteiger partial charge in [0.05, 0.1) is 5.69 Å². The zero-order valence-electron chi connectivity index (χ0n) is 15.8. The Morgan fingerprint density at radius 2 is 2.08 bits per heavy atom. The van der Waals surface area contributed by atoms with Crippen LogP contribution in [0.2, 0.25) is 0 Å². The molecule has 0 aliphatic carbocycles. The molecule has 2 atom stereocenters. The topological polar surface area (TPSA) is 71.8 Å². The van der Waals surface area contributed by atoms with Crippen LogP contribution in [-0.4, -0.2) is 39.8 Å². The van der Waals surface area contributed by atoms with Gasteiger partial charge in [-0.2, -0.15) is 0 Å². The normalized spacial score (nSPS) is 19.9. The number of aromatic nitrogens is 3. The molecule has 1 aromatic carbocycles. The monoisotopic (exact) mass is 377 g/mol. The minimum absolute atomic E-state index is 0. The van der Waals surface area contributed by atoms with Crippen LogP contribution in [0.15, 0.2) is 24.3 Å². The minimum atomic E-state index is -0.192. The fourth-order valence-corrected chi connectivity index (χ4v) is 3.34. The van der Waals surface area contributed by atoms with Crippen molar-refractivity contribution in [3.05, 3.63) is 41.5 Å². The Labute approximate surface area is 161 Å². The Kier molecular flexibility index (Phi) is 6.78. The summed E-state index contributed by atoms with van der Waals surface area (Å²) in [6, 6.07) is 8.30. The van der Waals surface area contributed by atoms with E-state index in [9.17, 15) is 4.79 Å². The maximum atomic E-state index is 12.6. The Morgan fingerprint density at radius 1 is 1.35 bits per heavy atom. The molecule has 1 amide bonds. The van der Waals surface area contributed by atoms with E-state index in [2.05, 4.69) is 47.6 Å². The van der Waals surface area contributed by atoms with Crippen molar-refractivity contribution < 1.29 is 4.79 Å². The number of benzene rings is 1. The van der Waals surface area contributed by atoms with E-state index in [-0.39, 0.29) is 30.2 Å². The van der Waals surface area contributed by atoms with Gasteiger partial charge in [-0.3, -0.25) is 4.79 Å². The largest absolute Gasteiger partial charge is 0.346 e. The van der Waals surface area contributed by atoms with Gasteiger partial charge in [-0.05, 0) is 49.9 Å². The van der Waals surface area contributed by atoms with Gasteiger partial charge in [-0.25, -0.2) is 9.67 Å². The van der Waals surface area contributed by atoms with Gasteiger partial charge in [0, 0.05) is 6.04 Å². The zero-order valence-corrected chi connectivity index (χ0v) is 16.6. The van der Waals surface area contributed by atoms with Crippen molar-refractivity contribution in [3.63, 3.8) is 0 Å². The molecule has 7 heteroatoms. The molecule has 3 rings (SSSR count). The lowest BCUT2D eigenvalue weighted by atomic mass is 9.95. The highest BCUT2D eigenvalue weighted by molar-refractivity contribution is 5.90. The molecule has 1 aliphatic rings. The SMILES string of the molecule is Cc1nc(C(=O)NC2CCNCC2C)nn1-c1ccccc1C(C)C.Cl.